The fourth-order valence-electron chi connectivity index (χ4n) is 3.37. The maximum absolute atomic E-state index is 10.6. The normalized spacial score (nSPS) is 34.1. The molecule has 2 rings (SSSR count). The Hall–Kier alpha value is -0.120. The lowest BCUT2D eigenvalue weighted by Crippen LogP contribution is -2.59. The van der Waals surface area contributed by atoms with E-state index >= 15 is 0 Å². The third-order valence-corrected chi connectivity index (χ3v) is 4.61. The summed E-state index contributed by atoms with van der Waals surface area (Å²) in [6, 6.07) is 1.23. The number of nitrogens with zero attached hydrogens (tertiary/aromatic N) is 1. The average Bonchev–Trinajstić information content (AvgIpc) is 2.75. The smallest absolute Gasteiger partial charge is 0.0774 e. The molecule has 3 heteroatoms. The molecule has 1 aliphatic heterocycles. The summed E-state index contributed by atoms with van der Waals surface area (Å²) in [6.07, 6.45) is 6.78. The van der Waals surface area contributed by atoms with Gasteiger partial charge in [0.1, 0.15) is 0 Å². The fourth-order valence-corrected chi connectivity index (χ4v) is 3.37. The van der Waals surface area contributed by atoms with Gasteiger partial charge in [-0.3, -0.25) is 4.90 Å². The van der Waals surface area contributed by atoms with E-state index < -0.39 is 0 Å². The van der Waals surface area contributed by atoms with Crippen molar-refractivity contribution in [2.45, 2.75) is 70.1 Å². The van der Waals surface area contributed by atoms with Crippen LogP contribution in [0.2, 0.25) is 0 Å². The van der Waals surface area contributed by atoms with Crippen molar-refractivity contribution in [2.75, 3.05) is 19.6 Å². The van der Waals surface area contributed by atoms with E-state index in [1.165, 1.54) is 25.7 Å². The SMILES string of the molecule is CCC1CN(CC2(O)CCCC2)C(CC)CN1. The summed E-state index contributed by atoms with van der Waals surface area (Å²) in [5.41, 5.74) is -0.386. The van der Waals surface area contributed by atoms with Crippen molar-refractivity contribution in [3.05, 3.63) is 0 Å². The number of nitrogens with one attached hydrogen (secondary N) is 1. The molecule has 2 N–H and O–H groups in total. The summed E-state index contributed by atoms with van der Waals surface area (Å²) < 4.78 is 0. The lowest BCUT2D eigenvalue weighted by Gasteiger charge is -2.43. The summed E-state index contributed by atoms with van der Waals surface area (Å²) in [5, 5.41) is 14.2. The molecule has 0 aromatic heterocycles. The minimum atomic E-state index is -0.386. The van der Waals surface area contributed by atoms with Crippen molar-refractivity contribution in [2.24, 2.45) is 0 Å². The van der Waals surface area contributed by atoms with E-state index in [4.69, 9.17) is 0 Å². The second-order valence-electron chi connectivity index (χ2n) is 5.94. The molecule has 2 unspecified atom stereocenters. The second kappa shape index (κ2) is 5.68. The van der Waals surface area contributed by atoms with Crippen molar-refractivity contribution in [3.63, 3.8) is 0 Å². The van der Waals surface area contributed by atoms with Crippen LogP contribution in [-0.2, 0) is 0 Å². The second-order valence-corrected chi connectivity index (χ2v) is 5.94. The van der Waals surface area contributed by atoms with Crippen LogP contribution < -0.4 is 5.32 Å². The zero-order valence-electron chi connectivity index (χ0n) is 11.4. The van der Waals surface area contributed by atoms with Crippen LogP contribution in [0, 0.1) is 0 Å². The zero-order valence-corrected chi connectivity index (χ0v) is 11.4. The molecule has 0 amide bonds. The molecule has 2 aliphatic rings. The quantitative estimate of drug-likeness (QED) is 0.786. The van der Waals surface area contributed by atoms with Gasteiger partial charge in [-0.1, -0.05) is 26.7 Å². The fraction of sp³-hybridized carbons (Fsp3) is 1.00. The van der Waals surface area contributed by atoms with Gasteiger partial charge in [-0.15, -0.1) is 0 Å². The largest absolute Gasteiger partial charge is 0.389 e. The Labute approximate surface area is 106 Å². The van der Waals surface area contributed by atoms with Crippen LogP contribution in [0.5, 0.6) is 0 Å². The van der Waals surface area contributed by atoms with Crippen molar-refractivity contribution in [1.82, 2.24) is 10.2 Å². The van der Waals surface area contributed by atoms with Gasteiger partial charge in [-0.25, -0.2) is 0 Å². The third kappa shape index (κ3) is 3.21. The summed E-state index contributed by atoms with van der Waals surface area (Å²) in [4.78, 5) is 2.54. The molecule has 3 nitrogen and oxygen atoms in total. The molecule has 1 saturated carbocycles. The summed E-state index contributed by atoms with van der Waals surface area (Å²) in [7, 11) is 0. The van der Waals surface area contributed by atoms with E-state index in [1.54, 1.807) is 0 Å². The summed E-state index contributed by atoms with van der Waals surface area (Å²) >= 11 is 0. The first-order valence-electron chi connectivity index (χ1n) is 7.36. The van der Waals surface area contributed by atoms with Gasteiger partial charge in [-0.05, 0) is 25.7 Å². The van der Waals surface area contributed by atoms with Gasteiger partial charge in [0.05, 0.1) is 5.60 Å². The minimum Gasteiger partial charge on any atom is -0.389 e. The first-order valence-corrected chi connectivity index (χ1v) is 7.36. The maximum Gasteiger partial charge on any atom is 0.0774 e. The van der Waals surface area contributed by atoms with E-state index in [1.807, 2.05) is 0 Å². The highest BCUT2D eigenvalue weighted by atomic mass is 16.3. The van der Waals surface area contributed by atoms with E-state index in [2.05, 4.69) is 24.1 Å². The average molecular weight is 240 g/mol. The molecule has 1 heterocycles. The standard InChI is InChI=1S/C14H28N2O/c1-3-12-10-16(13(4-2)9-15-12)11-14(17)7-5-6-8-14/h12-13,15,17H,3-11H2,1-2H3. The van der Waals surface area contributed by atoms with Gasteiger partial charge in [0.25, 0.3) is 0 Å². The molecule has 17 heavy (non-hydrogen) atoms. The van der Waals surface area contributed by atoms with Crippen molar-refractivity contribution < 1.29 is 5.11 Å². The van der Waals surface area contributed by atoms with Crippen molar-refractivity contribution in [1.29, 1.82) is 0 Å². The Balaban J connectivity index is 1.95. The highest BCUT2D eigenvalue weighted by Crippen LogP contribution is 2.31. The van der Waals surface area contributed by atoms with E-state index in [-0.39, 0.29) is 5.60 Å². The molecule has 1 saturated heterocycles. The topological polar surface area (TPSA) is 35.5 Å². The predicted molar refractivity (Wildman–Crippen MR) is 71.2 cm³/mol. The van der Waals surface area contributed by atoms with Crippen LogP contribution in [0.4, 0.5) is 0 Å². The number of aliphatic hydroxyl groups is 1. The van der Waals surface area contributed by atoms with Crippen LogP contribution in [0.3, 0.4) is 0 Å². The van der Waals surface area contributed by atoms with Crippen LogP contribution >= 0.6 is 0 Å². The van der Waals surface area contributed by atoms with Gasteiger partial charge in [0.15, 0.2) is 0 Å². The molecule has 1 aliphatic carbocycles. The van der Waals surface area contributed by atoms with Gasteiger partial charge < -0.3 is 10.4 Å². The first-order chi connectivity index (χ1) is 8.17. The Morgan fingerprint density at radius 1 is 1.24 bits per heavy atom. The van der Waals surface area contributed by atoms with Gasteiger partial charge in [0, 0.05) is 31.7 Å². The zero-order chi connectivity index (χ0) is 12.3. The Morgan fingerprint density at radius 2 is 1.94 bits per heavy atom. The van der Waals surface area contributed by atoms with Crippen LogP contribution in [-0.4, -0.2) is 47.3 Å². The number of hydrogen-bond acceptors (Lipinski definition) is 3. The number of β-amino-alcohol motifs (C(OH)–C–C–N with tert-alkyl or cyclic N) is 1. The summed E-state index contributed by atoms with van der Waals surface area (Å²) in [5.74, 6) is 0. The number of piperazine rings is 1. The van der Waals surface area contributed by atoms with Crippen LogP contribution in [0.25, 0.3) is 0 Å². The van der Waals surface area contributed by atoms with Crippen LogP contribution in [0.15, 0.2) is 0 Å². The molecule has 0 bridgehead atoms. The monoisotopic (exact) mass is 240 g/mol. The molecule has 0 aromatic carbocycles. The van der Waals surface area contributed by atoms with E-state index in [9.17, 15) is 5.11 Å². The lowest BCUT2D eigenvalue weighted by atomic mass is 9.97. The molecule has 2 fully saturated rings. The minimum absolute atomic E-state index is 0.386. The highest BCUT2D eigenvalue weighted by molar-refractivity contribution is 4.93. The van der Waals surface area contributed by atoms with Crippen molar-refractivity contribution >= 4 is 0 Å². The molecule has 0 aromatic rings. The molecular weight excluding hydrogens is 212 g/mol. The molecule has 100 valence electrons. The van der Waals surface area contributed by atoms with Crippen LogP contribution in [0.1, 0.15) is 52.4 Å². The Bertz CT molecular complexity index is 238. The maximum atomic E-state index is 10.6. The Morgan fingerprint density at radius 3 is 2.53 bits per heavy atom. The van der Waals surface area contributed by atoms with Gasteiger partial charge in [0.2, 0.25) is 0 Å². The number of hydrogen-bond donors (Lipinski definition) is 2. The molecule has 2 atom stereocenters. The molecular formula is C14H28N2O. The summed E-state index contributed by atoms with van der Waals surface area (Å²) in [6.45, 7) is 7.59. The molecule has 0 radical (unpaired) electrons. The highest BCUT2D eigenvalue weighted by Gasteiger charge is 2.36. The lowest BCUT2D eigenvalue weighted by molar-refractivity contribution is -0.0158. The first kappa shape index (κ1) is 13.3. The Kier molecular flexibility index (Phi) is 4.45. The van der Waals surface area contributed by atoms with Gasteiger partial charge in [-0.2, -0.15) is 0 Å². The van der Waals surface area contributed by atoms with E-state index in [0.717, 1.165) is 32.5 Å². The van der Waals surface area contributed by atoms with E-state index in [0.29, 0.717) is 12.1 Å². The number of rotatable bonds is 4. The predicted octanol–water partition coefficient (Wildman–Crippen LogP) is 1.75. The molecule has 0 spiro atoms. The third-order valence-electron chi connectivity index (χ3n) is 4.61. The van der Waals surface area contributed by atoms with Gasteiger partial charge >= 0.3 is 0 Å². The van der Waals surface area contributed by atoms with Crippen molar-refractivity contribution in [3.8, 4) is 0 Å².